The van der Waals surface area contributed by atoms with Crippen molar-refractivity contribution in [2.45, 2.75) is 0 Å². The molecular formula is C40H28N2. The van der Waals surface area contributed by atoms with Gasteiger partial charge in [-0.05, 0) is 80.2 Å². The third kappa shape index (κ3) is 3.09. The number of aryl methyl sites for hydroxylation is 2. The molecule has 7 aromatic carbocycles. The van der Waals surface area contributed by atoms with Gasteiger partial charge in [0.1, 0.15) is 0 Å². The average Bonchev–Trinajstić information content (AvgIpc) is 3.48. The lowest BCUT2D eigenvalue weighted by Gasteiger charge is -2.19. The van der Waals surface area contributed by atoms with Crippen LogP contribution in [-0.2, 0) is 14.1 Å². The fraction of sp³-hybridized carbons (Fsp3) is 0.0500. The Hall–Kier alpha value is -5.34. The first-order valence-electron chi connectivity index (χ1n) is 14.6. The highest BCUT2D eigenvalue weighted by Gasteiger charge is 2.21. The van der Waals surface area contributed by atoms with E-state index in [0.29, 0.717) is 0 Å². The summed E-state index contributed by atoms with van der Waals surface area (Å²) in [5, 5.41) is 10.3. The van der Waals surface area contributed by atoms with Crippen LogP contribution < -0.4 is 0 Å². The van der Waals surface area contributed by atoms with Gasteiger partial charge in [-0.25, -0.2) is 0 Å². The van der Waals surface area contributed by atoms with Crippen LogP contribution in [0.2, 0.25) is 0 Å². The summed E-state index contributed by atoms with van der Waals surface area (Å²) in [7, 11) is 4.38. The van der Waals surface area contributed by atoms with Crippen molar-refractivity contribution < 1.29 is 0 Å². The van der Waals surface area contributed by atoms with E-state index in [0.717, 1.165) is 0 Å². The summed E-state index contributed by atoms with van der Waals surface area (Å²) in [6.07, 6.45) is 0. The van der Waals surface area contributed by atoms with E-state index in [4.69, 9.17) is 0 Å². The van der Waals surface area contributed by atoms with E-state index < -0.39 is 0 Å². The number of rotatable bonds is 2. The zero-order valence-electron chi connectivity index (χ0n) is 23.6. The van der Waals surface area contributed by atoms with Gasteiger partial charge in [0.2, 0.25) is 0 Å². The average molecular weight is 537 g/mol. The van der Waals surface area contributed by atoms with Crippen LogP contribution in [0.4, 0.5) is 0 Å². The van der Waals surface area contributed by atoms with Gasteiger partial charge in [-0.3, -0.25) is 0 Å². The van der Waals surface area contributed by atoms with E-state index in [-0.39, 0.29) is 0 Å². The zero-order valence-corrected chi connectivity index (χ0v) is 23.6. The van der Waals surface area contributed by atoms with Gasteiger partial charge < -0.3 is 9.13 Å². The molecule has 0 saturated carbocycles. The third-order valence-electron chi connectivity index (χ3n) is 9.31. The maximum atomic E-state index is 2.45. The normalized spacial score (nSPS) is 12.0. The van der Waals surface area contributed by atoms with E-state index in [1.54, 1.807) is 0 Å². The smallest absolute Gasteiger partial charge is 0.0495 e. The first-order valence-corrected chi connectivity index (χ1v) is 14.6. The second-order valence-electron chi connectivity index (χ2n) is 11.5. The molecule has 2 heterocycles. The number of benzene rings is 7. The summed E-state index contributed by atoms with van der Waals surface area (Å²) in [6.45, 7) is 0. The van der Waals surface area contributed by atoms with Crippen molar-refractivity contribution >= 4 is 65.2 Å². The lowest BCUT2D eigenvalue weighted by molar-refractivity contribution is 1.01. The molecule has 0 aliphatic rings. The molecule has 0 spiro atoms. The van der Waals surface area contributed by atoms with E-state index >= 15 is 0 Å². The number of hydrogen-bond acceptors (Lipinski definition) is 0. The van der Waals surface area contributed by atoms with Crippen LogP contribution in [0.25, 0.3) is 87.4 Å². The quantitative estimate of drug-likeness (QED) is 0.195. The van der Waals surface area contributed by atoms with Crippen LogP contribution in [0, 0.1) is 0 Å². The van der Waals surface area contributed by atoms with E-state index in [1.165, 1.54) is 87.4 Å². The highest BCUT2D eigenvalue weighted by molar-refractivity contribution is 6.28. The predicted molar refractivity (Wildman–Crippen MR) is 180 cm³/mol. The van der Waals surface area contributed by atoms with Gasteiger partial charge in [0.15, 0.2) is 0 Å². The molecule has 0 aliphatic carbocycles. The molecule has 198 valence electrons. The summed E-state index contributed by atoms with van der Waals surface area (Å²) in [5.74, 6) is 0. The number of para-hydroxylation sites is 2. The molecule has 2 aromatic heterocycles. The molecule has 2 nitrogen and oxygen atoms in total. The van der Waals surface area contributed by atoms with Crippen LogP contribution >= 0.6 is 0 Å². The molecule has 0 aliphatic heterocycles. The van der Waals surface area contributed by atoms with Gasteiger partial charge >= 0.3 is 0 Å². The molecule has 0 unspecified atom stereocenters. The fourth-order valence-electron chi connectivity index (χ4n) is 7.36. The first kappa shape index (κ1) is 23.4. The molecule has 0 bridgehead atoms. The van der Waals surface area contributed by atoms with Crippen LogP contribution in [-0.4, -0.2) is 9.13 Å². The molecule has 0 radical (unpaired) electrons. The number of hydrogen-bond donors (Lipinski definition) is 0. The molecule has 0 fully saturated rings. The summed E-state index contributed by atoms with van der Waals surface area (Å²) in [5.41, 5.74) is 10.1. The Balaban J connectivity index is 1.59. The lowest BCUT2D eigenvalue weighted by atomic mass is 9.84. The second-order valence-corrected chi connectivity index (χ2v) is 11.5. The van der Waals surface area contributed by atoms with Crippen molar-refractivity contribution in [1.82, 2.24) is 9.13 Å². The van der Waals surface area contributed by atoms with Gasteiger partial charge in [-0.2, -0.15) is 0 Å². The first-order chi connectivity index (χ1) is 20.7. The summed E-state index contributed by atoms with van der Waals surface area (Å²) in [4.78, 5) is 0. The molecule has 42 heavy (non-hydrogen) atoms. The van der Waals surface area contributed by atoms with Gasteiger partial charge in [0.25, 0.3) is 0 Å². The van der Waals surface area contributed by atoms with Crippen molar-refractivity contribution in [3.05, 3.63) is 133 Å². The fourth-order valence-corrected chi connectivity index (χ4v) is 7.36. The highest BCUT2D eigenvalue weighted by atomic mass is 14.9. The Morgan fingerprint density at radius 1 is 0.310 bits per heavy atom. The minimum absolute atomic E-state index is 1.24. The maximum Gasteiger partial charge on any atom is 0.0495 e. The Bertz CT molecular complexity index is 2330. The van der Waals surface area contributed by atoms with E-state index in [9.17, 15) is 0 Å². The van der Waals surface area contributed by atoms with Gasteiger partial charge in [-0.15, -0.1) is 0 Å². The van der Waals surface area contributed by atoms with Gasteiger partial charge in [0.05, 0.1) is 0 Å². The van der Waals surface area contributed by atoms with Crippen molar-refractivity contribution in [1.29, 1.82) is 0 Å². The molecule has 2 heteroatoms. The maximum absolute atomic E-state index is 2.45. The van der Waals surface area contributed by atoms with Gasteiger partial charge in [-0.1, -0.05) is 97.1 Å². The Labute approximate surface area is 243 Å². The summed E-state index contributed by atoms with van der Waals surface area (Å²) in [6, 6.07) is 49.2. The molecule has 0 saturated heterocycles. The Kier molecular flexibility index (Phi) is 4.77. The minimum atomic E-state index is 1.24. The van der Waals surface area contributed by atoms with Gasteiger partial charge in [0, 0.05) is 57.7 Å². The Morgan fingerprint density at radius 3 is 1.10 bits per heavy atom. The summed E-state index contributed by atoms with van der Waals surface area (Å²) >= 11 is 0. The summed E-state index contributed by atoms with van der Waals surface area (Å²) < 4.78 is 4.69. The SMILES string of the molecule is Cn1c2ccccc2c2cc3c(-c4ccccc4)c4cc5c(cc4c(-c4ccccc4)c3cc21)c1ccccc1n5C. The topological polar surface area (TPSA) is 9.86 Å². The minimum Gasteiger partial charge on any atom is -0.344 e. The predicted octanol–water partition coefficient (Wildman–Crippen LogP) is 10.6. The Morgan fingerprint density at radius 2 is 0.667 bits per heavy atom. The van der Waals surface area contributed by atoms with Crippen LogP contribution in [0.3, 0.4) is 0 Å². The van der Waals surface area contributed by atoms with Crippen molar-refractivity contribution in [3.63, 3.8) is 0 Å². The molecular weight excluding hydrogens is 508 g/mol. The lowest BCUT2D eigenvalue weighted by Crippen LogP contribution is -1.93. The van der Waals surface area contributed by atoms with E-state index in [2.05, 4.69) is 157 Å². The largest absolute Gasteiger partial charge is 0.344 e. The van der Waals surface area contributed by atoms with E-state index in [1.807, 2.05) is 0 Å². The molecule has 0 N–H and O–H groups in total. The number of aromatic nitrogens is 2. The standard InChI is InChI=1S/C40H28N2/c1-41-35-19-11-9-17-27(35)29-21-31-33(23-37(29)41)39(25-13-5-3-6-14-25)32-22-30-28-18-10-12-20-36(28)42(2)38(30)24-34(32)40(31)26-15-7-4-8-16-26/h3-24H,1-2H3. The number of nitrogens with zero attached hydrogens (tertiary/aromatic N) is 2. The third-order valence-corrected chi connectivity index (χ3v) is 9.31. The zero-order chi connectivity index (χ0) is 27.9. The van der Waals surface area contributed by atoms with Crippen molar-refractivity contribution in [2.75, 3.05) is 0 Å². The second kappa shape index (κ2) is 8.58. The highest BCUT2D eigenvalue weighted by Crippen LogP contribution is 2.47. The monoisotopic (exact) mass is 536 g/mol. The van der Waals surface area contributed by atoms with Crippen molar-refractivity contribution in [3.8, 4) is 22.3 Å². The van der Waals surface area contributed by atoms with Crippen LogP contribution in [0.5, 0.6) is 0 Å². The molecule has 9 rings (SSSR count). The van der Waals surface area contributed by atoms with Crippen LogP contribution in [0.15, 0.2) is 133 Å². The van der Waals surface area contributed by atoms with Crippen molar-refractivity contribution in [2.24, 2.45) is 14.1 Å². The van der Waals surface area contributed by atoms with Crippen LogP contribution in [0.1, 0.15) is 0 Å². The number of fused-ring (bicyclic) bond motifs is 8. The molecule has 0 amide bonds. The molecule has 9 aromatic rings. The molecule has 0 atom stereocenters.